The molecule has 0 aliphatic carbocycles. The highest BCUT2D eigenvalue weighted by Crippen LogP contribution is 2.27. The molecule has 1 aromatic heterocycles. The van der Waals surface area contributed by atoms with E-state index in [2.05, 4.69) is 23.9 Å². The molecule has 17 heavy (non-hydrogen) atoms. The molecule has 0 amide bonds. The summed E-state index contributed by atoms with van der Waals surface area (Å²) in [5, 5.41) is 14.4. The van der Waals surface area contributed by atoms with Crippen LogP contribution in [0.3, 0.4) is 0 Å². The third kappa shape index (κ3) is 3.45. The molecule has 1 fully saturated rings. The number of hydrogen-bond acceptors (Lipinski definition) is 4. The van der Waals surface area contributed by atoms with E-state index < -0.39 is 0 Å². The average molecular weight is 255 g/mol. The predicted octanol–water partition coefficient (Wildman–Crippen LogP) is 1.59. The van der Waals surface area contributed by atoms with E-state index in [0.29, 0.717) is 18.3 Å². The number of aromatic nitrogens is 3. The Hall–Kier alpha value is -0.550. The van der Waals surface area contributed by atoms with Gasteiger partial charge in [0.2, 0.25) is 0 Å². The van der Waals surface area contributed by atoms with Crippen LogP contribution in [0, 0.1) is 11.8 Å². The Balaban J connectivity index is 1.95. The highest BCUT2D eigenvalue weighted by molar-refractivity contribution is 7.99. The topological polar surface area (TPSA) is 50.9 Å². The fourth-order valence-electron chi connectivity index (χ4n) is 2.15. The lowest BCUT2D eigenvalue weighted by molar-refractivity contribution is 0.116. The fourth-order valence-corrected chi connectivity index (χ4v) is 3.48. The first-order valence-corrected chi connectivity index (χ1v) is 7.44. The van der Waals surface area contributed by atoms with Crippen LogP contribution in [0.1, 0.15) is 26.1 Å². The summed E-state index contributed by atoms with van der Waals surface area (Å²) in [5.41, 5.74) is 0. The van der Waals surface area contributed by atoms with E-state index in [4.69, 9.17) is 0 Å². The van der Waals surface area contributed by atoms with Gasteiger partial charge < -0.3 is 5.11 Å². The maximum atomic E-state index is 10.2. The molecular weight excluding hydrogens is 234 g/mol. The first-order valence-electron chi connectivity index (χ1n) is 6.29. The van der Waals surface area contributed by atoms with E-state index >= 15 is 0 Å². The minimum Gasteiger partial charge on any atom is -0.392 e. The Morgan fingerprint density at radius 3 is 3.06 bits per heavy atom. The normalized spacial score (nSPS) is 22.2. The summed E-state index contributed by atoms with van der Waals surface area (Å²) in [5.74, 6) is 4.17. The van der Waals surface area contributed by atoms with E-state index in [1.165, 1.54) is 5.75 Å². The Morgan fingerprint density at radius 1 is 1.59 bits per heavy atom. The number of thioether (sulfide) groups is 1. The third-order valence-corrected chi connectivity index (χ3v) is 4.32. The molecule has 2 atom stereocenters. The van der Waals surface area contributed by atoms with Gasteiger partial charge in [0.05, 0.1) is 6.10 Å². The molecule has 4 nitrogen and oxygen atoms in total. The smallest absolute Gasteiger partial charge is 0.138 e. The lowest BCUT2D eigenvalue weighted by Crippen LogP contribution is -2.25. The van der Waals surface area contributed by atoms with Crippen molar-refractivity contribution in [3.05, 3.63) is 12.2 Å². The molecule has 0 bridgehead atoms. The number of aliphatic hydroxyl groups is 1. The van der Waals surface area contributed by atoms with Crippen molar-refractivity contribution >= 4 is 11.8 Å². The molecule has 2 heterocycles. The molecule has 1 aliphatic rings. The highest BCUT2D eigenvalue weighted by atomic mass is 32.2. The third-order valence-electron chi connectivity index (χ3n) is 3.13. The molecular formula is C12H21N3OS. The van der Waals surface area contributed by atoms with Crippen LogP contribution in [-0.4, -0.2) is 37.5 Å². The summed E-state index contributed by atoms with van der Waals surface area (Å²) in [6.45, 7) is 5.20. The van der Waals surface area contributed by atoms with Crippen LogP contribution in [0.15, 0.2) is 6.33 Å². The summed E-state index contributed by atoms with van der Waals surface area (Å²) in [6.07, 6.45) is 3.09. The van der Waals surface area contributed by atoms with Gasteiger partial charge in [-0.2, -0.15) is 16.9 Å². The standard InChI is InChI=1S/C12H21N3OS/c1-9(2)6-15-12(13-8-14-15)5-11(16)10-3-4-17-7-10/h8-11,16H,3-7H2,1-2H3. The van der Waals surface area contributed by atoms with Gasteiger partial charge in [-0.05, 0) is 29.8 Å². The molecule has 1 aliphatic heterocycles. The molecule has 96 valence electrons. The zero-order chi connectivity index (χ0) is 12.3. The van der Waals surface area contributed by atoms with E-state index in [1.54, 1.807) is 6.33 Å². The van der Waals surface area contributed by atoms with Gasteiger partial charge in [0.15, 0.2) is 0 Å². The van der Waals surface area contributed by atoms with Crippen LogP contribution in [0.5, 0.6) is 0 Å². The van der Waals surface area contributed by atoms with E-state index in [-0.39, 0.29) is 6.10 Å². The van der Waals surface area contributed by atoms with E-state index in [1.807, 2.05) is 16.4 Å². The van der Waals surface area contributed by atoms with Crippen molar-refractivity contribution in [2.24, 2.45) is 11.8 Å². The molecule has 1 N–H and O–H groups in total. The van der Waals surface area contributed by atoms with Gasteiger partial charge in [-0.3, -0.25) is 0 Å². The molecule has 0 spiro atoms. The number of rotatable bonds is 5. The van der Waals surface area contributed by atoms with Crippen molar-refractivity contribution < 1.29 is 5.11 Å². The number of aliphatic hydroxyl groups excluding tert-OH is 1. The molecule has 0 saturated carbocycles. The first-order chi connectivity index (χ1) is 8.16. The van der Waals surface area contributed by atoms with Gasteiger partial charge in [-0.15, -0.1) is 0 Å². The van der Waals surface area contributed by atoms with Crippen LogP contribution >= 0.6 is 11.8 Å². The second kappa shape index (κ2) is 5.87. The highest BCUT2D eigenvalue weighted by Gasteiger charge is 2.25. The number of nitrogens with zero attached hydrogens (tertiary/aromatic N) is 3. The maximum Gasteiger partial charge on any atom is 0.138 e. The van der Waals surface area contributed by atoms with Crippen molar-refractivity contribution in [1.29, 1.82) is 0 Å². The molecule has 5 heteroatoms. The van der Waals surface area contributed by atoms with Crippen molar-refractivity contribution in [2.75, 3.05) is 11.5 Å². The van der Waals surface area contributed by atoms with Gasteiger partial charge in [-0.25, -0.2) is 9.67 Å². The SMILES string of the molecule is CC(C)Cn1ncnc1CC(O)C1CCSC1. The van der Waals surface area contributed by atoms with Gasteiger partial charge in [-0.1, -0.05) is 13.8 Å². The molecule has 2 rings (SSSR count). The fraction of sp³-hybridized carbons (Fsp3) is 0.833. The Labute approximate surface area is 107 Å². The lowest BCUT2D eigenvalue weighted by atomic mass is 9.99. The quantitative estimate of drug-likeness (QED) is 0.868. The zero-order valence-corrected chi connectivity index (χ0v) is 11.4. The molecule has 1 aromatic rings. The van der Waals surface area contributed by atoms with Crippen LogP contribution in [0.25, 0.3) is 0 Å². The van der Waals surface area contributed by atoms with Crippen molar-refractivity contribution in [3.8, 4) is 0 Å². The first kappa shape index (κ1) is 12.9. The summed E-state index contributed by atoms with van der Waals surface area (Å²) < 4.78 is 1.93. The monoisotopic (exact) mass is 255 g/mol. The van der Waals surface area contributed by atoms with Crippen molar-refractivity contribution in [2.45, 2.75) is 39.3 Å². The Bertz CT molecular complexity index is 347. The Kier molecular flexibility index (Phi) is 4.45. The molecule has 0 radical (unpaired) electrons. The maximum absolute atomic E-state index is 10.2. The van der Waals surface area contributed by atoms with Gasteiger partial charge in [0, 0.05) is 13.0 Å². The second-order valence-electron chi connectivity index (χ2n) is 5.15. The summed E-state index contributed by atoms with van der Waals surface area (Å²) in [6, 6.07) is 0. The second-order valence-corrected chi connectivity index (χ2v) is 6.30. The summed E-state index contributed by atoms with van der Waals surface area (Å²) in [7, 11) is 0. The average Bonchev–Trinajstić information content (AvgIpc) is 2.89. The molecule has 2 unspecified atom stereocenters. The predicted molar refractivity (Wildman–Crippen MR) is 70.0 cm³/mol. The summed E-state index contributed by atoms with van der Waals surface area (Å²) >= 11 is 1.94. The van der Waals surface area contributed by atoms with Crippen molar-refractivity contribution in [1.82, 2.24) is 14.8 Å². The van der Waals surface area contributed by atoms with Crippen LogP contribution in [-0.2, 0) is 13.0 Å². The minimum absolute atomic E-state index is 0.264. The van der Waals surface area contributed by atoms with Crippen molar-refractivity contribution in [3.63, 3.8) is 0 Å². The van der Waals surface area contributed by atoms with Crippen LogP contribution < -0.4 is 0 Å². The molecule has 1 saturated heterocycles. The van der Waals surface area contributed by atoms with E-state index in [9.17, 15) is 5.11 Å². The minimum atomic E-state index is -0.264. The number of hydrogen-bond donors (Lipinski definition) is 1. The van der Waals surface area contributed by atoms with Gasteiger partial charge in [0.25, 0.3) is 0 Å². The lowest BCUT2D eigenvalue weighted by Gasteiger charge is -2.17. The van der Waals surface area contributed by atoms with Gasteiger partial charge in [0.1, 0.15) is 12.2 Å². The molecule has 0 aromatic carbocycles. The largest absolute Gasteiger partial charge is 0.392 e. The Morgan fingerprint density at radius 2 is 2.41 bits per heavy atom. The van der Waals surface area contributed by atoms with Crippen LogP contribution in [0.4, 0.5) is 0 Å². The van der Waals surface area contributed by atoms with E-state index in [0.717, 1.165) is 24.5 Å². The zero-order valence-electron chi connectivity index (χ0n) is 10.5. The van der Waals surface area contributed by atoms with Crippen LogP contribution in [0.2, 0.25) is 0 Å². The summed E-state index contributed by atoms with van der Waals surface area (Å²) in [4.78, 5) is 4.27. The van der Waals surface area contributed by atoms with Gasteiger partial charge >= 0.3 is 0 Å².